The number of ether oxygens (including phenoxy) is 1. The predicted molar refractivity (Wildman–Crippen MR) is 88.7 cm³/mol. The van der Waals surface area contributed by atoms with E-state index in [9.17, 15) is 9.18 Å². The molecule has 0 amide bonds. The third kappa shape index (κ3) is 3.05. The van der Waals surface area contributed by atoms with Gasteiger partial charge in [0.05, 0.1) is 13.2 Å². The Hall–Kier alpha value is -1.66. The van der Waals surface area contributed by atoms with E-state index >= 15 is 0 Å². The Labute approximate surface area is 142 Å². The molecule has 1 saturated heterocycles. The number of benzene rings is 1. The van der Waals surface area contributed by atoms with Crippen LogP contribution in [0.25, 0.3) is 0 Å². The largest absolute Gasteiger partial charge is 0.465 e. The fraction of sp³-hybridized carbons (Fsp3) is 0.375. The fourth-order valence-corrected chi connectivity index (χ4v) is 4.25. The maximum absolute atomic E-state index is 13.6. The molecule has 0 aliphatic carbocycles. The van der Waals surface area contributed by atoms with Crippen LogP contribution in [0.1, 0.15) is 34.6 Å². The minimum absolute atomic E-state index is 0.0124. The molecule has 122 valence electrons. The van der Waals surface area contributed by atoms with E-state index in [4.69, 9.17) is 16.3 Å². The monoisotopic (exact) mass is 354 g/mol. The highest BCUT2D eigenvalue weighted by molar-refractivity contribution is 7.18. The minimum Gasteiger partial charge on any atom is -0.465 e. The smallest absolute Gasteiger partial charge is 0.351 e. The lowest BCUT2D eigenvalue weighted by Crippen LogP contribution is -2.24. The van der Waals surface area contributed by atoms with Crippen molar-refractivity contribution in [3.05, 3.63) is 45.7 Å². The molecule has 1 aliphatic heterocycles. The van der Waals surface area contributed by atoms with Crippen molar-refractivity contribution in [1.82, 2.24) is 4.98 Å². The first-order valence-electron chi connectivity index (χ1n) is 7.28. The number of thiazole rings is 1. The summed E-state index contributed by atoms with van der Waals surface area (Å²) in [5.41, 5.74) is 0.904. The molecular weight excluding hydrogens is 339 g/mol. The van der Waals surface area contributed by atoms with Gasteiger partial charge in [0.25, 0.3) is 0 Å². The Morgan fingerprint density at radius 3 is 3.00 bits per heavy atom. The van der Waals surface area contributed by atoms with Gasteiger partial charge in [0.2, 0.25) is 0 Å². The average molecular weight is 355 g/mol. The zero-order valence-corrected chi connectivity index (χ0v) is 14.3. The first-order valence-corrected chi connectivity index (χ1v) is 8.47. The summed E-state index contributed by atoms with van der Waals surface area (Å²) < 4.78 is 18.3. The first kappa shape index (κ1) is 16.2. The van der Waals surface area contributed by atoms with Crippen LogP contribution < -0.4 is 4.90 Å². The molecule has 2 atom stereocenters. The number of aromatic nitrogens is 1. The second-order valence-corrected chi connectivity index (χ2v) is 6.90. The van der Waals surface area contributed by atoms with Crippen molar-refractivity contribution in [3.8, 4) is 0 Å². The van der Waals surface area contributed by atoms with Crippen LogP contribution in [-0.4, -0.2) is 24.6 Å². The van der Waals surface area contributed by atoms with Crippen LogP contribution in [0.15, 0.2) is 24.3 Å². The van der Waals surface area contributed by atoms with Gasteiger partial charge >= 0.3 is 5.97 Å². The molecular formula is C16H16ClFN2O2S. The number of anilines is 1. The van der Waals surface area contributed by atoms with Crippen molar-refractivity contribution in [1.29, 1.82) is 0 Å². The Bertz CT molecular complexity index is 737. The van der Waals surface area contributed by atoms with Gasteiger partial charge in [0, 0.05) is 6.54 Å². The third-order valence-electron chi connectivity index (χ3n) is 4.08. The van der Waals surface area contributed by atoms with Gasteiger partial charge in [-0.3, -0.25) is 0 Å². The number of rotatable bonds is 3. The lowest BCUT2D eigenvalue weighted by molar-refractivity contribution is 0.0606. The van der Waals surface area contributed by atoms with Crippen molar-refractivity contribution >= 4 is 34.0 Å². The number of nitrogens with zero attached hydrogens (tertiary/aromatic N) is 2. The van der Waals surface area contributed by atoms with E-state index in [-0.39, 0.29) is 17.0 Å². The van der Waals surface area contributed by atoms with Crippen LogP contribution in [0.5, 0.6) is 0 Å². The van der Waals surface area contributed by atoms with Crippen LogP contribution >= 0.6 is 22.9 Å². The zero-order chi connectivity index (χ0) is 16.6. The van der Waals surface area contributed by atoms with E-state index in [0.29, 0.717) is 15.9 Å². The number of hydrogen-bond acceptors (Lipinski definition) is 5. The molecule has 2 heterocycles. The summed E-state index contributed by atoms with van der Waals surface area (Å²) in [7, 11) is 1.31. The van der Waals surface area contributed by atoms with Crippen LogP contribution in [0.2, 0.25) is 5.15 Å². The molecule has 1 aliphatic rings. The van der Waals surface area contributed by atoms with Crippen LogP contribution in [0.4, 0.5) is 9.52 Å². The summed E-state index contributed by atoms with van der Waals surface area (Å²) in [5.74, 6) is -0.400. The SMILES string of the molecule is COC(=O)c1sc(N2CCC(C)C2c2cccc(F)c2)nc1Cl. The molecule has 1 aromatic heterocycles. The molecule has 3 rings (SSSR count). The van der Waals surface area contributed by atoms with Gasteiger partial charge in [0.15, 0.2) is 15.2 Å². The maximum atomic E-state index is 13.6. The van der Waals surface area contributed by atoms with Gasteiger partial charge in [-0.1, -0.05) is 42.0 Å². The van der Waals surface area contributed by atoms with Gasteiger partial charge in [-0.25, -0.2) is 14.2 Å². The Balaban J connectivity index is 1.97. The Kier molecular flexibility index (Phi) is 4.55. The van der Waals surface area contributed by atoms with E-state index in [2.05, 4.69) is 16.8 Å². The number of halogens is 2. The number of carbonyl (C=O) groups excluding carboxylic acids is 1. The molecule has 0 radical (unpaired) electrons. The number of carbonyl (C=O) groups is 1. The highest BCUT2D eigenvalue weighted by Crippen LogP contribution is 2.43. The third-order valence-corrected chi connectivity index (χ3v) is 5.54. The lowest BCUT2D eigenvalue weighted by Gasteiger charge is -2.27. The van der Waals surface area contributed by atoms with Gasteiger partial charge < -0.3 is 9.64 Å². The highest BCUT2D eigenvalue weighted by Gasteiger charge is 2.35. The summed E-state index contributed by atoms with van der Waals surface area (Å²) in [6.45, 7) is 2.92. The highest BCUT2D eigenvalue weighted by atomic mass is 35.5. The number of methoxy groups -OCH3 is 1. The van der Waals surface area contributed by atoms with Crippen LogP contribution in [-0.2, 0) is 4.74 Å². The van der Waals surface area contributed by atoms with E-state index < -0.39 is 5.97 Å². The average Bonchev–Trinajstić information content (AvgIpc) is 3.09. The summed E-state index contributed by atoms with van der Waals surface area (Å²) in [5, 5.41) is 0.809. The topological polar surface area (TPSA) is 42.4 Å². The first-order chi connectivity index (χ1) is 11.0. The van der Waals surface area contributed by atoms with Crippen LogP contribution in [0.3, 0.4) is 0 Å². The second-order valence-electron chi connectivity index (χ2n) is 5.57. The van der Waals surface area contributed by atoms with E-state index in [1.165, 1.54) is 24.5 Å². The lowest BCUT2D eigenvalue weighted by atomic mass is 9.95. The minimum atomic E-state index is -0.492. The quantitative estimate of drug-likeness (QED) is 0.770. The van der Waals surface area contributed by atoms with Crippen molar-refractivity contribution < 1.29 is 13.9 Å². The molecule has 2 unspecified atom stereocenters. The van der Waals surface area contributed by atoms with Gasteiger partial charge in [-0.05, 0) is 30.0 Å². The molecule has 4 nitrogen and oxygen atoms in total. The van der Waals surface area contributed by atoms with Gasteiger partial charge in [-0.2, -0.15) is 0 Å². The van der Waals surface area contributed by atoms with E-state index in [1.807, 2.05) is 6.07 Å². The molecule has 2 aromatic rings. The Morgan fingerprint density at radius 1 is 1.52 bits per heavy atom. The van der Waals surface area contributed by atoms with Crippen molar-refractivity contribution in [2.75, 3.05) is 18.6 Å². The van der Waals surface area contributed by atoms with Crippen molar-refractivity contribution in [2.45, 2.75) is 19.4 Å². The summed E-state index contributed by atoms with van der Waals surface area (Å²) in [4.78, 5) is 18.4. The normalized spacial score (nSPS) is 20.8. The second kappa shape index (κ2) is 6.45. The number of esters is 1. The van der Waals surface area contributed by atoms with Gasteiger partial charge in [-0.15, -0.1) is 0 Å². The van der Waals surface area contributed by atoms with E-state index in [0.717, 1.165) is 18.5 Å². The molecule has 0 spiro atoms. The zero-order valence-electron chi connectivity index (χ0n) is 12.8. The molecule has 0 bridgehead atoms. The summed E-state index contributed by atoms with van der Waals surface area (Å²) in [6.07, 6.45) is 0.964. The van der Waals surface area contributed by atoms with E-state index in [1.54, 1.807) is 12.1 Å². The fourth-order valence-electron chi connectivity index (χ4n) is 2.99. The summed E-state index contributed by atoms with van der Waals surface area (Å²) >= 11 is 7.27. The summed E-state index contributed by atoms with van der Waals surface area (Å²) in [6, 6.07) is 6.62. The standard InChI is InChI=1S/C16H16ClFN2O2S/c1-9-6-7-20(12(9)10-4-3-5-11(18)8-10)16-19-14(17)13(23-16)15(21)22-2/h3-5,8-9,12H,6-7H2,1-2H3. The van der Waals surface area contributed by atoms with Crippen LogP contribution in [0, 0.1) is 11.7 Å². The molecule has 23 heavy (non-hydrogen) atoms. The molecule has 7 heteroatoms. The predicted octanol–water partition coefficient (Wildman–Crippen LogP) is 4.31. The Morgan fingerprint density at radius 2 is 2.30 bits per heavy atom. The maximum Gasteiger partial charge on any atom is 0.351 e. The molecule has 0 N–H and O–H groups in total. The molecule has 1 aromatic carbocycles. The van der Waals surface area contributed by atoms with Gasteiger partial charge in [0.1, 0.15) is 5.82 Å². The molecule has 0 saturated carbocycles. The molecule has 1 fully saturated rings. The van der Waals surface area contributed by atoms with Crippen molar-refractivity contribution in [2.24, 2.45) is 5.92 Å². The number of hydrogen-bond donors (Lipinski definition) is 0. The van der Waals surface area contributed by atoms with Crippen molar-refractivity contribution in [3.63, 3.8) is 0 Å².